The van der Waals surface area contributed by atoms with E-state index < -0.39 is 17.5 Å². The van der Waals surface area contributed by atoms with E-state index in [1.807, 2.05) is 27.0 Å². The Bertz CT molecular complexity index is 1180. The largest absolute Gasteiger partial charge is 0.444 e. The van der Waals surface area contributed by atoms with Crippen LogP contribution in [0.1, 0.15) is 33.6 Å². The molecule has 3 heterocycles. The molecule has 1 aromatic carbocycles. The Balaban J connectivity index is 1.61. The molecule has 1 fully saturated rings. The molecule has 7 nitrogen and oxygen atoms in total. The van der Waals surface area contributed by atoms with Gasteiger partial charge in [0.25, 0.3) is 0 Å². The minimum atomic E-state index is -0.548. The van der Waals surface area contributed by atoms with Crippen molar-refractivity contribution in [2.24, 2.45) is 0 Å². The van der Waals surface area contributed by atoms with E-state index in [2.05, 4.69) is 41.4 Å². The summed E-state index contributed by atoms with van der Waals surface area (Å²) in [6.07, 6.45) is 4.96. The van der Waals surface area contributed by atoms with Gasteiger partial charge in [0.15, 0.2) is 0 Å². The third-order valence-corrected chi connectivity index (χ3v) is 6.16. The molecule has 3 N–H and O–H groups in total. The summed E-state index contributed by atoms with van der Waals surface area (Å²) >= 11 is 9.61. The Labute approximate surface area is 205 Å². The molecule has 0 aliphatic carbocycles. The molecule has 2 aromatic heterocycles. The zero-order chi connectivity index (χ0) is 23.8. The van der Waals surface area contributed by atoms with Gasteiger partial charge < -0.3 is 25.3 Å². The molecule has 10 heteroatoms. The third kappa shape index (κ3) is 5.52. The van der Waals surface area contributed by atoms with Crippen LogP contribution < -0.4 is 15.5 Å². The van der Waals surface area contributed by atoms with E-state index in [9.17, 15) is 9.18 Å². The number of piperidine rings is 1. The van der Waals surface area contributed by atoms with Gasteiger partial charge in [-0.25, -0.2) is 14.2 Å². The number of hydrogen-bond acceptors (Lipinski definition) is 5. The first-order valence-electron chi connectivity index (χ1n) is 10.7. The molecule has 1 aliphatic heterocycles. The topological polar surface area (TPSA) is 82.3 Å². The van der Waals surface area contributed by atoms with Crippen LogP contribution in [0.2, 0.25) is 5.02 Å². The van der Waals surface area contributed by atoms with Crippen molar-refractivity contribution >= 4 is 61.7 Å². The summed E-state index contributed by atoms with van der Waals surface area (Å²) in [5.74, 6) is -0.469. The van der Waals surface area contributed by atoms with Crippen LogP contribution in [-0.2, 0) is 4.74 Å². The van der Waals surface area contributed by atoms with Crippen LogP contribution in [0.15, 0.2) is 35.1 Å². The number of ether oxygens (including phenoxy) is 1. The number of nitrogens with one attached hydrogen (secondary N) is 3. The second-order valence-electron chi connectivity index (χ2n) is 9.07. The molecule has 0 spiro atoms. The maximum absolute atomic E-state index is 13.6. The quantitative estimate of drug-likeness (QED) is 0.360. The van der Waals surface area contributed by atoms with Crippen LogP contribution in [0, 0.1) is 5.82 Å². The predicted molar refractivity (Wildman–Crippen MR) is 133 cm³/mol. The maximum atomic E-state index is 13.6. The van der Waals surface area contributed by atoms with Crippen LogP contribution in [0.3, 0.4) is 0 Å². The number of alkyl carbamates (subject to hydrolysis) is 1. The molecule has 0 saturated carbocycles. The second kappa shape index (κ2) is 9.38. The Morgan fingerprint density at radius 1 is 1.39 bits per heavy atom. The number of fused-ring (bicyclic) bond motifs is 1. The fourth-order valence-corrected chi connectivity index (χ4v) is 4.70. The lowest BCUT2D eigenvalue weighted by atomic mass is 10.0. The van der Waals surface area contributed by atoms with Gasteiger partial charge in [0.05, 0.1) is 26.3 Å². The van der Waals surface area contributed by atoms with Crippen molar-refractivity contribution in [2.45, 2.75) is 45.3 Å². The molecule has 3 aromatic rings. The lowest BCUT2D eigenvalue weighted by molar-refractivity contribution is 0.0500. The van der Waals surface area contributed by atoms with Crippen molar-refractivity contribution < 1.29 is 13.9 Å². The van der Waals surface area contributed by atoms with Crippen molar-refractivity contribution in [3.8, 4) is 0 Å². The Morgan fingerprint density at radius 2 is 2.18 bits per heavy atom. The number of aromatic nitrogens is 2. The van der Waals surface area contributed by atoms with Crippen LogP contribution in [-0.4, -0.2) is 40.8 Å². The highest BCUT2D eigenvalue weighted by Crippen LogP contribution is 2.40. The zero-order valence-corrected chi connectivity index (χ0v) is 21.0. The minimum absolute atomic E-state index is 0.0463. The predicted octanol–water partition coefficient (Wildman–Crippen LogP) is 6.36. The van der Waals surface area contributed by atoms with Crippen LogP contribution in [0.5, 0.6) is 0 Å². The summed E-state index contributed by atoms with van der Waals surface area (Å²) in [5.41, 5.74) is 2.59. The summed E-state index contributed by atoms with van der Waals surface area (Å²) in [6, 6.07) is 4.46. The summed E-state index contributed by atoms with van der Waals surface area (Å²) in [7, 11) is 0. The Hall–Kier alpha value is -2.52. The normalized spacial score (nSPS) is 16.7. The highest BCUT2D eigenvalue weighted by atomic mass is 79.9. The second-order valence-corrected chi connectivity index (χ2v) is 10.3. The van der Waals surface area contributed by atoms with Gasteiger partial charge in [-0.05, 0) is 67.7 Å². The van der Waals surface area contributed by atoms with E-state index in [4.69, 9.17) is 16.3 Å². The number of rotatable bonds is 4. The molecule has 1 aliphatic rings. The summed E-state index contributed by atoms with van der Waals surface area (Å²) < 4.78 is 19.8. The Morgan fingerprint density at radius 3 is 2.91 bits per heavy atom. The van der Waals surface area contributed by atoms with Gasteiger partial charge in [-0.15, -0.1) is 0 Å². The van der Waals surface area contributed by atoms with E-state index in [1.165, 1.54) is 6.07 Å². The van der Waals surface area contributed by atoms with Crippen LogP contribution in [0.25, 0.3) is 11.0 Å². The SMILES string of the molecule is CC(C)(C)OC(=O)NC1CCCN(c2c(Br)cnc3[nH]cc(Nc4ccc(F)c(Cl)c4)c23)C1. The van der Waals surface area contributed by atoms with E-state index in [-0.39, 0.29) is 11.1 Å². The lowest BCUT2D eigenvalue weighted by Gasteiger charge is -2.36. The van der Waals surface area contributed by atoms with Gasteiger partial charge in [-0.2, -0.15) is 0 Å². The third-order valence-electron chi connectivity index (χ3n) is 5.29. The van der Waals surface area contributed by atoms with Crippen molar-refractivity contribution in [1.29, 1.82) is 0 Å². The monoisotopic (exact) mass is 537 g/mol. The van der Waals surface area contributed by atoms with Crippen molar-refractivity contribution in [3.05, 3.63) is 45.9 Å². The van der Waals surface area contributed by atoms with Crippen molar-refractivity contribution in [3.63, 3.8) is 0 Å². The molecule has 1 amide bonds. The number of halogens is 3. The number of amides is 1. The van der Waals surface area contributed by atoms with Gasteiger partial charge in [-0.3, -0.25) is 0 Å². The lowest BCUT2D eigenvalue weighted by Crippen LogP contribution is -2.49. The molecular formula is C23H26BrClFN5O2. The summed E-state index contributed by atoms with van der Waals surface area (Å²) in [4.78, 5) is 22.2. The van der Waals surface area contributed by atoms with E-state index in [0.29, 0.717) is 17.9 Å². The fraction of sp³-hybridized carbons (Fsp3) is 0.391. The minimum Gasteiger partial charge on any atom is -0.444 e. The summed E-state index contributed by atoms with van der Waals surface area (Å²) in [5, 5.41) is 7.25. The first-order valence-corrected chi connectivity index (χ1v) is 11.9. The van der Waals surface area contributed by atoms with E-state index >= 15 is 0 Å². The standard InChI is InChI=1S/C23H26BrClFN5O2/c1-23(2,3)33-22(32)30-14-5-4-8-31(12-14)20-15(24)10-27-21-19(20)18(11-28-21)29-13-6-7-17(26)16(25)9-13/h6-7,9-11,14,29H,4-5,8,12H2,1-3H3,(H,27,28)(H,30,32). The van der Waals surface area contributed by atoms with E-state index in [1.54, 1.807) is 18.3 Å². The van der Waals surface area contributed by atoms with Gasteiger partial charge in [0.1, 0.15) is 17.1 Å². The van der Waals surface area contributed by atoms with Crippen LogP contribution >= 0.6 is 27.5 Å². The number of nitrogens with zero attached hydrogens (tertiary/aromatic N) is 2. The number of pyridine rings is 1. The van der Waals surface area contributed by atoms with Crippen LogP contribution in [0.4, 0.5) is 26.2 Å². The smallest absolute Gasteiger partial charge is 0.407 e. The molecule has 33 heavy (non-hydrogen) atoms. The zero-order valence-electron chi connectivity index (χ0n) is 18.6. The maximum Gasteiger partial charge on any atom is 0.407 e. The van der Waals surface area contributed by atoms with E-state index in [0.717, 1.165) is 40.6 Å². The molecule has 4 rings (SSSR count). The molecule has 1 atom stereocenters. The number of anilines is 3. The average Bonchev–Trinajstić information content (AvgIpc) is 3.12. The fourth-order valence-electron chi connectivity index (χ4n) is 3.97. The van der Waals surface area contributed by atoms with Crippen molar-refractivity contribution in [1.82, 2.24) is 15.3 Å². The van der Waals surface area contributed by atoms with Gasteiger partial charge in [0, 0.05) is 37.2 Å². The molecular weight excluding hydrogens is 513 g/mol. The number of aromatic amines is 1. The molecule has 0 radical (unpaired) electrons. The number of carbonyl (C=O) groups excluding carboxylic acids is 1. The highest BCUT2D eigenvalue weighted by molar-refractivity contribution is 9.10. The van der Waals surface area contributed by atoms with Crippen molar-refractivity contribution in [2.75, 3.05) is 23.3 Å². The number of H-pyrrole nitrogens is 1. The van der Waals surface area contributed by atoms with Gasteiger partial charge in [0.2, 0.25) is 0 Å². The van der Waals surface area contributed by atoms with Gasteiger partial charge >= 0.3 is 6.09 Å². The first kappa shape index (κ1) is 23.6. The first-order chi connectivity index (χ1) is 15.6. The summed E-state index contributed by atoms with van der Waals surface area (Å²) in [6.45, 7) is 7.00. The number of benzene rings is 1. The highest BCUT2D eigenvalue weighted by Gasteiger charge is 2.27. The molecule has 176 valence electrons. The Kier molecular flexibility index (Phi) is 6.72. The molecule has 1 unspecified atom stereocenters. The average molecular weight is 539 g/mol. The number of carbonyl (C=O) groups is 1. The molecule has 0 bridgehead atoms. The number of hydrogen-bond donors (Lipinski definition) is 3. The van der Waals surface area contributed by atoms with Gasteiger partial charge in [-0.1, -0.05) is 11.6 Å². The molecule has 1 saturated heterocycles.